The Morgan fingerprint density at radius 1 is 1.38 bits per heavy atom. The number of hydrogen-bond acceptors (Lipinski definition) is 2. The summed E-state index contributed by atoms with van der Waals surface area (Å²) >= 11 is 0. The van der Waals surface area contributed by atoms with Gasteiger partial charge in [-0.25, -0.2) is 0 Å². The van der Waals surface area contributed by atoms with Crippen LogP contribution in [0.3, 0.4) is 0 Å². The second kappa shape index (κ2) is 4.87. The van der Waals surface area contributed by atoms with E-state index in [0.29, 0.717) is 0 Å². The van der Waals surface area contributed by atoms with E-state index in [0.717, 1.165) is 17.7 Å². The molecule has 1 rings (SSSR count). The molecular weight excluding hydrogens is 164 g/mol. The van der Waals surface area contributed by atoms with Gasteiger partial charge in [-0.3, -0.25) is 0 Å². The van der Waals surface area contributed by atoms with Crippen LogP contribution in [-0.4, -0.2) is 18.8 Å². The van der Waals surface area contributed by atoms with Gasteiger partial charge < -0.3 is 9.84 Å². The molecule has 0 aromatic heterocycles. The zero-order valence-electron chi connectivity index (χ0n) is 8.16. The first-order valence-corrected chi connectivity index (χ1v) is 4.50. The number of aliphatic hydroxyl groups excluding tert-OH is 1. The molecule has 72 valence electrons. The van der Waals surface area contributed by atoms with Gasteiger partial charge in [0.2, 0.25) is 0 Å². The number of aliphatic hydroxyl groups is 1. The monoisotopic (exact) mass is 180 g/mol. The smallest absolute Gasteiger partial charge is 0.122 e. The molecule has 0 spiro atoms. The normalized spacial score (nSPS) is 12.5. The summed E-state index contributed by atoms with van der Waals surface area (Å²) in [6, 6.07) is 7.91. The Kier molecular flexibility index (Phi) is 3.77. The molecule has 0 radical (unpaired) electrons. The van der Waals surface area contributed by atoms with Crippen molar-refractivity contribution in [1.29, 1.82) is 0 Å². The molecule has 0 saturated heterocycles. The van der Waals surface area contributed by atoms with Gasteiger partial charge in [-0.2, -0.15) is 0 Å². The van der Waals surface area contributed by atoms with E-state index >= 15 is 0 Å². The molecule has 2 heteroatoms. The lowest BCUT2D eigenvalue weighted by atomic mass is 10.0. The average molecular weight is 180 g/mol. The van der Waals surface area contributed by atoms with E-state index < -0.39 is 0 Å². The summed E-state index contributed by atoms with van der Waals surface area (Å²) in [7, 11) is 1.67. The minimum atomic E-state index is 0.220. The first kappa shape index (κ1) is 10.1. The molecule has 1 aromatic rings. The third-order valence-electron chi connectivity index (χ3n) is 2.07. The lowest BCUT2D eigenvalue weighted by Gasteiger charge is -2.11. The Morgan fingerprint density at radius 2 is 2.08 bits per heavy atom. The molecule has 1 N–H and O–H groups in total. The predicted molar refractivity (Wildman–Crippen MR) is 52.9 cm³/mol. The zero-order valence-corrected chi connectivity index (χ0v) is 8.16. The second-order valence-corrected chi connectivity index (χ2v) is 3.30. The van der Waals surface area contributed by atoms with Gasteiger partial charge in [0.25, 0.3) is 0 Å². The van der Waals surface area contributed by atoms with Crippen molar-refractivity contribution in [3.63, 3.8) is 0 Å². The summed E-state index contributed by atoms with van der Waals surface area (Å²) in [6.45, 7) is 2.24. The number of rotatable bonds is 4. The summed E-state index contributed by atoms with van der Waals surface area (Å²) in [5.41, 5.74) is 1.16. The number of benzene rings is 1. The summed E-state index contributed by atoms with van der Waals surface area (Å²) in [5, 5.41) is 8.92. The summed E-state index contributed by atoms with van der Waals surface area (Å²) < 4.78 is 5.21. The molecular formula is C11H16O2. The molecule has 0 unspecified atom stereocenters. The van der Waals surface area contributed by atoms with Gasteiger partial charge in [-0.1, -0.05) is 25.1 Å². The van der Waals surface area contributed by atoms with Gasteiger partial charge >= 0.3 is 0 Å². The van der Waals surface area contributed by atoms with Gasteiger partial charge in [0.05, 0.1) is 7.11 Å². The molecule has 0 aliphatic heterocycles. The highest BCUT2D eigenvalue weighted by molar-refractivity contribution is 5.33. The first-order valence-electron chi connectivity index (χ1n) is 4.50. The van der Waals surface area contributed by atoms with Crippen molar-refractivity contribution in [1.82, 2.24) is 0 Å². The third kappa shape index (κ3) is 2.74. The van der Waals surface area contributed by atoms with Gasteiger partial charge in [0, 0.05) is 6.61 Å². The van der Waals surface area contributed by atoms with Crippen molar-refractivity contribution in [2.75, 3.05) is 13.7 Å². The zero-order chi connectivity index (χ0) is 9.68. The SMILES string of the molecule is COc1ccccc1C[C@@H](C)CO. The standard InChI is InChI=1S/C11H16O2/c1-9(8-12)7-10-5-3-4-6-11(10)13-2/h3-6,9,12H,7-8H2,1-2H3/t9-/m1/s1. The summed E-state index contributed by atoms with van der Waals surface area (Å²) in [5.74, 6) is 1.19. The van der Waals surface area contributed by atoms with Crippen LogP contribution in [0.25, 0.3) is 0 Å². The maximum atomic E-state index is 8.92. The Balaban J connectivity index is 2.74. The van der Waals surface area contributed by atoms with E-state index in [1.54, 1.807) is 7.11 Å². The number of ether oxygens (including phenoxy) is 1. The molecule has 0 fully saturated rings. The van der Waals surface area contributed by atoms with Crippen LogP contribution >= 0.6 is 0 Å². The van der Waals surface area contributed by atoms with Gasteiger partial charge in [0.1, 0.15) is 5.75 Å². The van der Waals surface area contributed by atoms with Crippen LogP contribution in [0.5, 0.6) is 5.75 Å². The van der Waals surface area contributed by atoms with E-state index in [1.165, 1.54) is 0 Å². The highest BCUT2D eigenvalue weighted by atomic mass is 16.5. The fraction of sp³-hybridized carbons (Fsp3) is 0.455. The van der Waals surface area contributed by atoms with Crippen LogP contribution < -0.4 is 4.74 Å². The van der Waals surface area contributed by atoms with E-state index in [2.05, 4.69) is 0 Å². The van der Waals surface area contributed by atoms with Crippen molar-refractivity contribution in [3.8, 4) is 5.75 Å². The molecule has 13 heavy (non-hydrogen) atoms. The van der Waals surface area contributed by atoms with Gasteiger partial charge in [0.15, 0.2) is 0 Å². The summed E-state index contributed by atoms with van der Waals surface area (Å²) in [6.07, 6.45) is 0.862. The number of methoxy groups -OCH3 is 1. The molecule has 0 bridgehead atoms. The molecule has 1 aromatic carbocycles. The second-order valence-electron chi connectivity index (χ2n) is 3.30. The average Bonchev–Trinajstić information content (AvgIpc) is 2.18. The molecule has 0 aliphatic carbocycles. The minimum Gasteiger partial charge on any atom is -0.496 e. The van der Waals surface area contributed by atoms with Crippen molar-refractivity contribution in [2.24, 2.45) is 5.92 Å². The quantitative estimate of drug-likeness (QED) is 0.766. The molecule has 2 nitrogen and oxygen atoms in total. The maximum absolute atomic E-state index is 8.92. The lowest BCUT2D eigenvalue weighted by Crippen LogP contribution is -2.05. The molecule has 0 saturated carbocycles. The first-order chi connectivity index (χ1) is 6.27. The topological polar surface area (TPSA) is 29.5 Å². The van der Waals surface area contributed by atoms with Crippen LogP contribution in [0.1, 0.15) is 12.5 Å². The molecule has 1 atom stereocenters. The van der Waals surface area contributed by atoms with Crippen LogP contribution in [0.4, 0.5) is 0 Å². The highest BCUT2D eigenvalue weighted by Gasteiger charge is 2.06. The number of hydrogen-bond donors (Lipinski definition) is 1. The summed E-state index contributed by atoms with van der Waals surface area (Å²) in [4.78, 5) is 0. The predicted octanol–water partition coefficient (Wildman–Crippen LogP) is 1.87. The fourth-order valence-corrected chi connectivity index (χ4v) is 1.31. The van der Waals surface area contributed by atoms with E-state index in [1.807, 2.05) is 31.2 Å². The molecule has 0 heterocycles. The Bertz CT molecular complexity index is 258. The van der Waals surface area contributed by atoms with E-state index in [4.69, 9.17) is 9.84 Å². The fourth-order valence-electron chi connectivity index (χ4n) is 1.31. The Hall–Kier alpha value is -1.02. The largest absolute Gasteiger partial charge is 0.496 e. The van der Waals surface area contributed by atoms with E-state index in [9.17, 15) is 0 Å². The van der Waals surface area contributed by atoms with Crippen LogP contribution in [0, 0.1) is 5.92 Å². The third-order valence-corrected chi connectivity index (χ3v) is 2.07. The van der Waals surface area contributed by atoms with E-state index in [-0.39, 0.29) is 12.5 Å². The van der Waals surface area contributed by atoms with Crippen molar-refractivity contribution < 1.29 is 9.84 Å². The van der Waals surface area contributed by atoms with Crippen LogP contribution in [0.2, 0.25) is 0 Å². The Morgan fingerprint density at radius 3 is 2.69 bits per heavy atom. The number of para-hydroxylation sites is 1. The lowest BCUT2D eigenvalue weighted by molar-refractivity contribution is 0.236. The van der Waals surface area contributed by atoms with Crippen LogP contribution in [-0.2, 0) is 6.42 Å². The van der Waals surface area contributed by atoms with Crippen molar-refractivity contribution >= 4 is 0 Å². The molecule has 0 aliphatic rings. The minimum absolute atomic E-state index is 0.220. The van der Waals surface area contributed by atoms with Crippen molar-refractivity contribution in [3.05, 3.63) is 29.8 Å². The van der Waals surface area contributed by atoms with Gasteiger partial charge in [-0.15, -0.1) is 0 Å². The van der Waals surface area contributed by atoms with Crippen LogP contribution in [0.15, 0.2) is 24.3 Å². The Labute approximate surface area is 79.2 Å². The van der Waals surface area contributed by atoms with Crippen molar-refractivity contribution in [2.45, 2.75) is 13.3 Å². The highest BCUT2D eigenvalue weighted by Crippen LogP contribution is 2.20. The maximum Gasteiger partial charge on any atom is 0.122 e. The molecule has 0 amide bonds. The van der Waals surface area contributed by atoms with Gasteiger partial charge in [-0.05, 0) is 24.0 Å².